The van der Waals surface area contributed by atoms with Crippen LogP contribution in [0.2, 0.25) is 0 Å². The summed E-state index contributed by atoms with van der Waals surface area (Å²) in [6, 6.07) is 1.66. The lowest BCUT2D eigenvalue weighted by Gasteiger charge is -2.40. The molecule has 1 heterocycles. The first-order chi connectivity index (χ1) is 16.3. The fourth-order valence-electron chi connectivity index (χ4n) is 3.99. The molecule has 0 radical (unpaired) electrons. The molecule has 1 aromatic rings. The zero-order chi connectivity index (χ0) is 26.1. The number of hydrogen-bond donors (Lipinski definition) is 7. The highest BCUT2D eigenvalue weighted by Crippen LogP contribution is 2.38. The first-order valence-corrected chi connectivity index (χ1v) is 11.0. The Balaban J connectivity index is 1.67. The Morgan fingerprint density at radius 3 is 2.37 bits per heavy atom. The largest absolute Gasteiger partial charge is 0.504 e. The van der Waals surface area contributed by atoms with E-state index in [0.717, 1.165) is 12.1 Å². The van der Waals surface area contributed by atoms with E-state index in [1.54, 1.807) is 19.9 Å². The van der Waals surface area contributed by atoms with E-state index < -0.39 is 77.7 Å². The highest BCUT2D eigenvalue weighted by atomic mass is 16.7. The number of aromatic hydroxyl groups is 2. The van der Waals surface area contributed by atoms with Crippen LogP contribution in [0.15, 0.2) is 23.8 Å². The molecule has 0 bridgehead atoms. The van der Waals surface area contributed by atoms with E-state index in [4.69, 9.17) is 19.3 Å². The first-order valence-electron chi connectivity index (χ1n) is 11.0. The maximum atomic E-state index is 12.5. The van der Waals surface area contributed by atoms with Gasteiger partial charge in [0.1, 0.15) is 31.0 Å². The maximum absolute atomic E-state index is 12.5. The molecule has 1 aliphatic carbocycles. The summed E-state index contributed by atoms with van der Waals surface area (Å²) in [5.74, 6) is -4.29. The zero-order valence-electron chi connectivity index (χ0n) is 19.2. The number of carboxylic acid groups (broad SMARTS) is 1. The van der Waals surface area contributed by atoms with E-state index in [0.29, 0.717) is 24.8 Å². The molecule has 0 amide bonds. The first kappa shape index (κ1) is 26.7. The van der Waals surface area contributed by atoms with Crippen LogP contribution in [-0.2, 0) is 14.3 Å². The summed E-state index contributed by atoms with van der Waals surface area (Å²) in [5, 5.41) is 69.7. The van der Waals surface area contributed by atoms with Gasteiger partial charge in [0.05, 0.1) is 11.2 Å². The summed E-state index contributed by atoms with van der Waals surface area (Å²) in [6.45, 7) is 2.89. The summed E-state index contributed by atoms with van der Waals surface area (Å²) in [7, 11) is 0. The predicted molar refractivity (Wildman–Crippen MR) is 117 cm³/mol. The Hall–Kier alpha value is -2.90. The molecule has 0 saturated carbocycles. The maximum Gasteiger partial charge on any atom is 0.335 e. The van der Waals surface area contributed by atoms with E-state index in [-0.39, 0.29) is 5.92 Å². The molecular weight excluding hydrogens is 468 g/mol. The van der Waals surface area contributed by atoms with E-state index >= 15 is 0 Å². The molecule has 1 aromatic carbocycles. The van der Waals surface area contributed by atoms with Crippen LogP contribution in [0.5, 0.6) is 17.2 Å². The molecule has 1 aliphatic heterocycles. The Morgan fingerprint density at radius 2 is 1.80 bits per heavy atom. The smallest absolute Gasteiger partial charge is 0.335 e. The van der Waals surface area contributed by atoms with Crippen LogP contribution in [0.25, 0.3) is 0 Å². The molecule has 35 heavy (non-hydrogen) atoms. The number of aliphatic hydroxyl groups excluding tert-OH is 3. The quantitative estimate of drug-likeness (QED) is 0.196. The number of hydrogen-bond acceptors (Lipinski definition) is 11. The van der Waals surface area contributed by atoms with Crippen LogP contribution in [0.3, 0.4) is 0 Å². The molecule has 194 valence electrons. The Kier molecular flexibility index (Phi) is 7.92. The van der Waals surface area contributed by atoms with E-state index in [1.165, 1.54) is 0 Å². The fourth-order valence-corrected chi connectivity index (χ4v) is 3.99. The Morgan fingerprint density at radius 1 is 1.11 bits per heavy atom. The van der Waals surface area contributed by atoms with Gasteiger partial charge >= 0.3 is 11.9 Å². The SMILES string of the molecule is CC(C)(O)[C@@H]1CC=C(C(=O)OC[C@@H]2O[C@@H](Oc3cc(C(=O)O)cc(O)c3O)[C@H](O)[C@@H](O)[C@@H]2O)CC1. The number of phenols is 2. The van der Waals surface area contributed by atoms with Crippen LogP contribution in [0.1, 0.15) is 43.5 Å². The summed E-state index contributed by atoms with van der Waals surface area (Å²) in [4.78, 5) is 23.7. The number of aromatic carboxylic acids is 1. The van der Waals surface area contributed by atoms with Crippen LogP contribution in [-0.4, -0.2) is 90.6 Å². The van der Waals surface area contributed by atoms with Crippen LogP contribution < -0.4 is 4.74 Å². The van der Waals surface area contributed by atoms with Crippen molar-refractivity contribution in [2.45, 2.75) is 69.4 Å². The van der Waals surface area contributed by atoms with Crippen molar-refractivity contribution in [2.24, 2.45) is 5.92 Å². The highest BCUT2D eigenvalue weighted by molar-refractivity contribution is 5.89. The molecule has 0 aromatic heterocycles. The lowest BCUT2D eigenvalue weighted by molar-refractivity contribution is -0.278. The molecule has 1 saturated heterocycles. The summed E-state index contributed by atoms with van der Waals surface area (Å²) in [6.07, 6.45) is -5.20. The van der Waals surface area contributed by atoms with Gasteiger partial charge in [0.25, 0.3) is 0 Å². The third-order valence-corrected chi connectivity index (χ3v) is 6.26. The van der Waals surface area contributed by atoms with Gasteiger partial charge in [0.15, 0.2) is 11.5 Å². The molecule has 7 N–H and O–H groups in total. The molecule has 12 nitrogen and oxygen atoms in total. The Labute approximate surface area is 200 Å². The average molecular weight is 498 g/mol. The monoisotopic (exact) mass is 498 g/mol. The van der Waals surface area contributed by atoms with Crippen molar-refractivity contribution in [1.82, 2.24) is 0 Å². The number of carbonyl (C=O) groups excluding carboxylic acids is 1. The normalized spacial score (nSPS) is 29.3. The van der Waals surface area contributed by atoms with Gasteiger partial charge < -0.3 is 50.0 Å². The molecule has 0 unspecified atom stereocenters. The lowest BCUT2D eigenvalue weighted by Crippen LogP contribution is -2.60. The Bertz CT molecular complexity index is 981. The molecule has 2 aliphatic rings. The van der Waals surface area contributed by atoms with Gasteiger partial charge in [-0.15, -0.1) is 0 Å². The van der Waals surface area contributed by atoms with E-state index in [1.807, 2.05) is 0 Å². The molecule has 12 heteroatoms. The van der Waals surface area contributed by atoms with Crippen molar-refractivity contribution in [3.63, 3.8) is 0 Å². The number of phenolic OH excluding ortho intramolecular Hbond substituents is 2. The standard InChI is InChI=1S/C23H30O12/c1-23(2,32)12-5-3-10(4-6-12)21(31)33-9-15-17(26)18(27)19(28)22(35-15)34-14-8-11(20(29)30)7-13(24)16(14)25/h3,7-8,12,15,17-19,22,24-28,32H,4-6,9H2,1-2H3,(H,29,30)/t12-,15+,17-,18+,19-,22-/m1/s1. The minimum atomic E-state index is -1.83. The van der Waals surface area contributed by atoms with E-state index in [2.05, 4.69) is 0 Å². The summed E-state index contributed by atoms with van der Waals surface area (Å²) in [5.41, 5.74) is -0.915. The van der Waals surface area contributed by atoms with Crippen molar-refractivity contribution in [3.8, 4) is 17.2 Å². The average Bonchev–Trinajstić information content (AvgIpc) is 2.80. The van der Waals surface area contributed by atoms with Gasteiger partial charge in [-0.25, -0.2) is 9.59 Å². The van der Waals surface area contributed by atoms with Crippen molar-refractivity contribution in [3.05, 3.63) is 29.3 Å². The fraction of sp³-hybridized carbons (Fsp3) is 0.565. The number of rotatable bonds is 7. The second-order valence-electron chi connectivity index (χ2n) is 9.23. The summed E-state index contributed by atoms with van der Waals surface area (Å²) < 4.78 is 15.9. The number of esters is 1. The zero-order valence-corrected chi connectivity index (χ0v) is 19.2. The topological polar surface area (TPSA) is 203 Å². The third kappa shape index (κ3) is 6.03. The molecule has 6 atom stereocenters. The van der Waals surface area contributed by atoms with Crippen molar-refractivity contribution in [1.29, 1.82) is 0 Å². The molecule has 1 fully saturated rings. The molecule has 3 rings (SSSR count). The van der Waals surface area contributed by atoms with Crippen molar-refractivity contribution in [2.75, 3.05) is 6.61 Å². The van der Waals surface area contributed by atoms with Crippen LogP contribution >= 0.6 is 0 Å². The van der Waals surface area contributed by atoms with Gasteiger partial charge in [0, 0.05) is 5.57 Å². The predicted octanol–water partition coefficient (Wildman–Crippen LogP) is 0.0230. The van der Waals surface area contributed by atoms with Crippen LogP contribution in [0.4, 0.5) is 0 Å². The second-order valence-corrected chi connectivity index (χ2v) is 9.23. The molecular formula is C23H30O12. The van der Waals surface area contributed by atoms with Crippen molar-refractivity contribution >= 4 is 11.9 Å². The second kappa shape index (κ2) is 10.4. The molecule has 0 spiro atoms. The number of allylic oxidation sites excluding steroid dienone is 1. The van der Waals surface area contributed by atoms with Crippen molar-refractivity contribution < 1.29 is 59.5 Å². The van der Waals surface area contributed by atoms with Gasteiger partial charge in [-0.1, -0.05) is 6.08 Å². The number of carbonyl (C=O) groups is 2. The summed E-state index contributed by atoms with van der Waals surface area (Å²) >= 11 is 0. The minimum absolute atomic E-state index is 0.00688. The number of benzene rings is 1. The number of aliphatic hydroxyl groups is 4. The van der Waals surface area contributed by atoms with E-state index in [9.17, 15) is 40.2 Å². The van der Waals surface area contributed by atoms with Gasteiger partial charge in [-0.05, 0) is 51.2 Å². The number of carboxylic acids is 1. The number of ether oxygens (including phenoxy) is 3. The van der Waals surface area contributed by atoms with Gasteiger partial charge in [0.2, 0.25) is 12.0 Å². The lowest BCUT2D eigenvalue weighted by atomic mass is 9.79. The van der Waals surface area contributed by atoms with Gasteiger partial charge in [-0.3, -0.25) is 0 Å². The third-order valence-electron chi connectivity index (χ3n) is 6.26. The minimum Gasteiger partial charge on any atom is -0.504 e. The van der Waals surface area contributed by atoms with Crippen LogP contribution in [0, 0.1) is 5.92 Å². The van der Waals surface area contributed by atoms with Gasteiger partial charge in [-0.2, -0.15) is 0 Å². The highest BCUT2D eigenvalue weighted by Gasteiger charge is 2.46.